The second-order valence-electron chi connectivity index (χ2n) is 8.10. The van der Waals surface area contributed by atoms with Gasteiger partial charge in [0.1, 0.15) is 17.3 Å². The van der Waals surface area contributed by atoms with Crippen LogP contribution in [0, 0.1) is 17.1 Å². The largest absolute Gasteiger partial charge is 0.457 e. The Kier molecular flexibility index (Phi) is 7.13. The summed E-state index contributed by atoms with van der Waals surface area (Å²) in [6.45, 7) is 0. The Morgan fingerprint density at radius 3 is 2.42 bits per heavy atom. The van der Waals surface area contributed by atoms with Gasteiger partial charge in [-0.05, 0) is 65.7 Å². The quantitative estimate of drug-likeness (QED) is 0.349. The molecule has 0 aliphatic rings. The number of nitrogens with one attached hydrogen (secondary N) is 1. The van der Waals surface area contributed by atoms with Crippen molar-refractivity contribution in [3.63, 3.8) is 0 Å². The lowest BCUT2D eigenvalue weighted by molar-refractivity contribution is -0.115. The fourth-order valence-electron chi connectivity index (χ4n) is 3.58. The number of carbonyl (C=O) groups is 1. The van der Waals surface area contributed by atoms with Gasteiger partial charge in [0, 0.05) is 23.6 Å². The van der Waals surface area contributed by atoms with E-state index in [1.165, 1.54) is 24.3 Å². The van der Waals surface area contributed by atoms with Crippen LogP contribution in [0.4, 0.5) is 10.1 Å². The number of anilines is 1. The van der Waals surface area contributed by atoms with Gasteiger partial charge in [0.15, 0.2) is 9.84 Å². The van der Waals surface area contributed by atoms with Gasteiger partial charge < -0.3 is 10.1 Å². The van der Waals surface area contributed by atoms with E-state index in [1.54, 1.807) is 66.7 Å². The van der Waals surface area contributed by atoms with E-state index in [2.05, 4.69) is 11.4 Å². The molecule has 1 amide bonds. The first kappa shape index (κ1) is 24.6. The highest BCUT2D eigenvalue weighted by Crippen LogP contribution is 2.36. The van der Waals surface area contributed by atoms with Gasteiger partial charge in [-0.1, -0.05) is 30.3 Å². The van der Waals surface area contributed by atoms with Crippen LogP contribution in [0.25, 0.3) is 11.1 Å². The van der Waals surface area contributed by atoms with Crippen LogP contribution in [-0.2, 0) is 21.1 Å². The molecule has 0 bridgehead atoms. The summed E-state index contributed by atoms with van der Waals surface area (Å²) in [6.07, 6.45) is 1.16. The van der Waals surface area contributed by atoms with Crippen molar-refractivity contribution in [2.75, 3.05) is 11.6 Å². The van der Waals surface area contributed by atoms with E-state index >= 15 is 0 Å². The molecule has 0 aliphatic carbocycles. The second-order valence-corrected chi connectivity index (χ2v) is 10.1. The van der Waals surface area contributed by atoms with Crippen LogP contribution in [0.5, 0.6) is 11.5 Å². The lowest BCUT2D eigenvalue weighted by atomic mass is 10.0. The van der Waals surface area contributed by atoms with Crippen molar-refractivity contribution < 1.29 is 22.3 Å². The molecule has 0 atom stereocenters. The molecule has 0 unspecified atom stereocenters. The maximum atomic E-state index is 13.9. The molecule has 0 saturated carbocycles. The SMILES string of the molecule is CS(=O)(=O)c1ccc(CC(=O)Nc2ccc(-c3cccc(F)c3)c(Oc3cccc(C#N)c3)c2)cc1. The standard InChI is InChI=1S/C28H21FN2O4S/c1-36(33,34)25-11-8-19(9-12-25)15-28(32)31-23-10-13-26(21-5-3-6-22(29)16-21)27(17-23)35-24-7-2-4-20(14-24)18-30/h2-14,16-17H,15H2,1H3,(H,31,32). The van der Waals surface area contributed by atoms with Gasteiger partial charge in [-0.25, -0.2) is 12.8 Å². The highest BCUT2D eigenvalue weighted by molar-refractivity contribution is 7.90. The molecular formula is C28H21FN2O4S. The van der Waals surface area contributed by atoms with Crippen LogP contribution < -0.4 is 10.1 Å². The fraction of sp³-hybridized carbons (Fsp3) is 0.0714. The number of hydrogen-bond acceptors (Lipinski definition) is 5. The number of nitriles is 1. The minimum atomic E-state index is -3.32. The number of benzene rings is 4. The minimum Gasteiger partial charge on any atom is -0.457 e. The van der Waals surface area contributed by atoms with Crippen LogP contribution >= 0.6 is 0 Å². The van der Waals surface area contributed by atoms with Crippen LogP contribution in [0.2, 0.25) is 0 Å². The van der Waals surface area contributed by atoms with Crippen molar-refractivity contribution in [2.24, 2.45) is 0 Å². The third kappa shape index (κ3) is 6.14. The summed E-state index contributed by atoms with van der Waals surface area (Å²) in [5, 5.41) is 12.0. The predicted molar refractivity (Wildman–Crippen MR) is 135 cm³/mol. The maximum Gasteiger partial charge on any atom is 0.228 e. The Balaban J connectivity index is 1.60. The lowest BCUT2D eigenvalue weighted by Crippen LogP contribution is -2.14. The summed E-state index contributed by atoms with van der Waals surface area (Å²) >= 11 is 0. The molecule has 0 aliphatic heterocycles. The van der Waals surface area contributed by atoms with E-state index in [9.17, 15) is 22.9 Å². The molecule has 6 nitrogen and oxygen atoms in total. The molecule has 0 aromatic heterocycles. The third-order valence-electron chi connectivity index (χ3n) is 5.31. The van der Waals surface area contributed by atoms with Gasteiger partial charge in [0.25, 0.3) is 0 Å². The Labute approximate surface area is 208 Å². The van der Waals surface area contributed by atoms with Crippen LogP contribution in [0.3, 0.4) is 0 Å². The van der Waals surface area contributed by atoms with E-state index in [0.717, 1.165) is 6.26 Å². The number of nitrogens with zero attached hydrogens (tertiary/aromatic N) is 1. The molecule has 180 valence electrons. The smallest absolute Gasteiger partial charge is 0.228 e. The second kappa shape index (κ2) is 10.4. The predicted octanol–water partition coefficient (Wildman–Crippen LogP) is 5.74. The summed E-state index contributed by atoms with van der Waals surface area (Å²) in [4.78, 5) is 12.8. The topological polar surface area (TPSA) is 96.3 Å². The van der Waals surface area contributed by atoms with Crippen molar-refractivity contribution in [1.82, 2.24) is 0 Å². The first-order valence-electron chi connectivity index (χ1n) is 10.9. The van der Waals surface area contributed by atoms with Gasteiger partial charge in [-0.3, -0.25) is 4.79 Å². The van der Waals surface area contributed by atoms with Gasteiger partial charge in [0.2, 0.25) is 5.91 Å². The third-order valence-corrected chi connectivity index (χ3v) is 6.44. The summed E-state index contributed by atoms with van der Waals surface area (Å²) in [5.41, 5.74) is 2.73. The van der Waals surface area contributed by atoms with Crippen LogP contribution in [0.1, 0.15) is 11.1 Å². The normalized spacial score (nSPS) is 10.9. The number of carbonyl (C=O) groups excluding carboxylic acids is 1. The molecule has 4 aromatic rings. The van der Waals surface area contributed by atoms with Crippen LogP contribution in [0.15, 0.2) is 95.9 Å². The first-order valence-corrected chi connectivity index (χ1v) is 12.8. The Hall–Kier alpha value is -4.48. The van der Waals surface area contributed by atoms with Gasteiger partial charge in [0.05, 0.1) is 22.9 Å². The van der Waals surface area contributed by atoms with E-state index in [4.69, 9.17) is 4.74 Å². The number of ether oxygens (including phenoxy) is 1. The molecule has 0 spiro atoms. The summed E-state index contributed by atoms with van der Waals surface area (Å²) in [7, 11) is -3.32. The highest BCUT2D eigenvalue weighted by atomic mass is 32.2. The molecule has 1 N–H and O–H groups in total. The first-order chi connectivity index (χ1) is 17.2. The summed E-state index contributed by atoms with van der Waals surface area (Å²) < 4.78 is 43.2. The molecule has 0 fully saturated rings. The molecule has 0 saturated heterocycles. The van der Waals surface area contributed by atoms with Crippen molar-refractivity contribution in [2.45, 2.75) is 11.3 Å². The molecule has 0 radical (unpaired) electrons. The number of rotatable bonds is 7. The number of amides is 1. The Bertz CT molecular complexity index is 1580. The molecule has 4 rings (SSSR count). The zero-order valence-electron chi connectivity index (χ0n) is 19.2. The summed E-state index contributed by atoms with van der Waals surface area (Å²) in [5.74, 6) is 0.0781. The molecule has 4 aromatic carbocycles. The zero-order chi connectivity index (χ0) is 25.7. The summed E-state index contributed by atoms with van der Waals surface area (Å²) in [6, 6.07) is 25.9. The molecule has 36 heavy (non-hydrogen) atoms. The molecule has 0 heterocycles. The number of halogens is 1. The highest BCUT2D eigenvalue weighted by Gasteiger charge is 2.13. The van der Waals surface area contributed by atoms with E-state index in [0.29, 0.717) is 39.4 Å². The fourth-order valence-corrected chi connectivity index (χ4v) is 4.21. The number of hydrogen-bond donors (Lipinski definition) is 1. The zero-order valence-corrected chi connectivity index (χ0v) is 20.1. The van der Waals surface area contributed by atoms with Crippen molar-refractivity contribution in [1.29, 1.82) is 5.26 Å². The number of sulfone groups is 1. The maximum absolute atomic E-state index is 13.9. The molecule has 8 heteroatoms. The lowest BCUT2D eigenvalue weighted by Gasteiger charge is -2.14. The van der Waals surface area contributed by atoms with Crippen molar-refractivity contribution in [3.05, 3.63) is 108 Å². The van der Waals surface area contributed by atoms with E-state index < -0.39 is 15.7 Å². The molecular weight excluding hydrogens is 479 g/mol. The van der Waals surface area contributed by atoms with Gasteiger partial charge >= 0.3 is 0 Å². The monoisotopic (exact) mass is 500 g/mol. The van der Waals surface area contributed by atoms with E-state index in [-0.39, 0.29) is 17.2 Å². The van der Waals surface area contributed by atoms with Crippen LogP contribution in [-0.4, -0.2) is 20.6 Å². The van der Waals surface area contributed by atoms with E-state index in [1.807, 2.05) is 0 Å². The van der Waals surface area contributed by atoms with Gasteiger partial charge in [-0.2, -0.15) is 5.26 Å². The average molecular weight is 501 g/mol. The Morgan fingerprint density at radius 2 is 1.72 bits per heavy atom. The average Bonchev–Trinajstić information content (AvgIpc) is 2.84. The van der Waals surface area contributed by atoms with Crippen molar-refractivity contribution >= 4 is 21.4 Å². The Morgan fingerprint density at radius 1 is 0.972 bits per heavy atom. The van der Waals surface area contributed by atoms with Crippen molar-refractivity contribution in [3.8, 4) is 28.7 Å². The van der Waals surface area contributed by atoms with Gasteiger partial charge in [-0.15, -0.1) is 0 Å². The minimum absolute atomic E-state index is 0.0378.